The van der Waals surface area contributed by atoms with Gasteiger partial charge in [-0.05, 0) is 0 Å². The van der Waals surface area contributed by atoms with Gasteiger partial charge in [0.1, 0.15) is 0 Å². The molecule has 84 valence electrons. The van der Waals surface area contributed by atoms with Gasteiger partial charge in [0, 0.05) is 19.3 Å². The van der Waals surface area contributed by atoms with E-state index >= 15 is 0 Å². The van der Waals surface area contributed by atoms with Crippen LogP contribution in [0.2, 0.25) is 0 Å². The van der Waals surface area contributed by atoms with E-state index in [1.54, 1.807) is 10.9 Å². The third-order valence-electron chi connectivity index (χ3n) is 1.86. The van der Waals surface area contributed by atoms with Gasteiger partial charge in [0.2, 0.25) is 0 Å². The maximum atomic E-state index is 11.1. The summed E-state index contributed by atoms with van der Waals surface area (Å²) in [6, 6.07) is 0. The predicted octanol–water partition coefficient (Wildman–Crippen LogP) is -0.748. The molecule has 0 fully saturated rings. The molecular formula is C9H15N3O3. The van der Waals surface area contributed by atoms with Gasteiger partial charge in [0.15, 0.2) is 0 Å². The van der Waals surface area contributed by atoms with Crippen molar-refractivity contribution in [3.8, 4) is 0 Å². The van der Waals surface area contributed by atoms with E-state index in [0.29, 0.717) is 25.2 Å². The minimum absolute atomic E-state index is 0.118. The van der Waals surface area contributed by atoms with E-state index in [9.17, 15) is 4.79 Å². The number of nitrogens with one attached hydrogen (secondary N) is 1. The molecule has 0 spiro atoms. The molecule has 0 atom stereocenters. The summed E-state index contributed by atoms with van der Waals surface area (Å²) in [6.45, 7) is 2.03. The molecule has 15 heavy (non-hydrogen) atoms. The van der Waals surface area contributed by atoms with Crippen molar-refractivity contribution in [2.75, 3.05) is 26.8 Å². The highest BCUT2D eigenvalue weighted by Crippen LogP contribution is 1.98. The molecule has 0 radical (unpaired) electrons. The smallest absolute Gasteiger partial charge is 0.341 e. The fourth-order valence-corrected chi connectivity index (χ4v) is 1.11. The Balaban J connectivity index is 2.36. The van der Waals surface area contributed by atoms with E-state index in [1.165, 1.54) is 13.3 Å². The van der Waals surface area contributed by atoms with Crippen LogP contribution in [0.5, 0.6) is 0 Å². The van der Waals surface area contributed by atoms with Crippen LogP contribution in [0.1, 0.15) is 10.4 Å². The number of hydrogen-bond donors (Lipinski definition) is 2. The van der Waals surface area contributed by atoms with Crippen LogP contribution in [0.25, 0.3) is 0 Å². The molecule has 2 N–H and O–H groups in total. The first-order valence-electron chi connectivity index (χ1n) is 4.70. The number of hydrogen-bond acceptors (Lipinski definition) is 5. The molecule has 0 amide bonds. The highest BCUT2D eigenvalue weighted by Gasteiger charge is 2.07. The van der Waals surface area contributed by atoms with Gasteiger partial charge in [-0.1, -0.05) is 0 Å². The standard InChI is InChI=1S/C9H15N3O3/c1-15-9(14)8-6-11-12(7-8)4-2-10-3-5-13/h6-7,10,13H,2-5H2,1H3. The number of nitrogens with zero attached hydrogens (tertiary/aromatic N) is 2. The molecule has 0 aliphatic heterocycles. The van der Waals surface area contributed by atoms with Crippen molar-refractivity contribution < 1.29 is 14.6 Å². The highest BCUT2D eigenvalue weighted by atomic mass is 16.5. The fourth-order valence-electron chi connectivity index (χ4n) is 1.11. The summed E-state index contributed by atoms with van der Waals surface area (Å²) < 4.78 is 6.20. The van der Waals surface area contributed by atoms with E-state index in [-0.39, 0.29) is 12.6 Å². The zero-order valence-corrected chi connectivity index (χ0v) is 8.64. The van der Waals surface area contributed by atoms with Crippen molar-refractivity contribution in [3.63, 3.8) is 0 Å². The normalized spacial score (nSPS) is 10.3. The molecule has 0 aliphatic rings. The van der Waals surface area contributed by atoms with Crippen LogP contribution in [0.3, 0.4) is 0 Å². The summed E-state index contributed by atoms with van der Waals surface area (Å²) in [5, 5.41) is 15.5. The quantitative estimate of drug-likeness (QED) is 0.480. The molecule has 0 bridgehead atoms. The van der Waals surface area contributed by atoms with Crippen LogP contribution in [-0.2, 0) is 11.3 Å². The largest absolute Gasteiger partial charge is 0.465 e. The zero-order chi connectivity index (χ0) is 11.1. The highest BCUT2D eigenvalue weighted by molar-refractivity contribution is 5.88. The van der Waals surface area contributed by atoms with Crippen LogP contribution in [0, 0.1) is 0 Å². The molecule has 0 saturated carbocycles. The van der Waals surface area contributed by atoms with E-state index < -0.39 is 0 Å². The molecule has 0 saturated heterocycles. The predicted molar refractivity (Wildman–Crippen MR) is 53.5 cm³/mol. The Bertz CT molecular complexity index is 311. The van der Waals surface area contributed by atoms with Crippen molar-refractivity contribution in [2.45, 2.75) is 6.54 Å². The van der Waals surface area contributed by atoms with Crippen molar-refractivity contribution in [2.24, 2.45) is 0 Å². The first kappa shape index (κ1) is 11.7. The van der Waals surface area contributed by atoms with Gasteiger partial charge in [-0.25, -0.2) is 4.79 Å². The first-order chi connectivity index (χ1) is 7.27. The maximum absolute atomic E-state index is 11.1. The van der Waals surface area contributed by atoms with Crippen LogP contribution < -0.4 is 5.32 Å². The second kappa shape index (κ2) is 6.15. The van der Waals surface area contributed by atoms with Crippen LogP contribution in [0.4, 0.5) is 0 Å². The van der Waals surface area contributed by atoms with Gasteiger partial charge >= 0.3 is 5.97 Å². The number of carbonyl (C=O) groups is 1. The number of ether oxygens (including phenoxy) is 1. The van der Waals surface area contributed by atoms with Crippen molar-refractivity contribution >= 4 is 5.97 Å². The second-order valence-corrected chi connectivity index (χ2v) is 2.96. The average Bonchev–Trinajstić information content (AvgIpc) is 2.72. The lowest BCUT2D eigenvalue weighted by atomic mass is 10.4. The van der Waals surface area contributed by atoms with E-state index in [0.717, 1.165) is 0 Å². The third kappa shape index (κ3) is 3.69. The summed E-state index contributed by atoms with van der Waals surface area (Å²) in [5.41, 5.74) is 0.444. The summed E-state index contributed by atoms with van der Waals surface area (Å²) in [6.07, 6.45) is 3.10. The van der Waals surface area contributed by atoms with Gasteiger partial charge in [-0.2, -0.15) is 5.10 Å². The van der Waals surface area contributed by atoms with Crippen LogP contribution >= 0.6 is 0 Å². The Labute approximate surface area is 87.8 Å². The molecule has 1 aromatic rings. The summed E-state index contributed by atoms with van der Waals surface area (Å²) >= 11 is 0. The van der Waals surface area contributed by atoms with E-state index in [1.807, 2.05) is 0 Å². The number of methoxy groups -OCH3 is 1. The first-order valence-corrected chi connectivity index (χ1v) is 4.70. The third-order valence-corrected chi connectivity index (χ3v) is 1.86. The molecule has 1 rings (SSSR count). The average molecular weight is 213 g/mol. The molecule has 1 aromatic heterocycles. The molecule has 0 aromatic carbocycles. The Kier molecular flexibility index (Phi) is 4.79. The number of aliphatic hydroxyl groups is 1. The van der Waals surface area contributed by atoms with Crippen molar-refractivity contribution in [1.29, 1.82) is 0 Å². The fraction of sp³-hybridized carbons (Fsp3) is 0.556. The van der Waals surface area contributed by atoms with Gasteiger partial charge < -0.3 is 15.2 Å². The Hall–Kier alpha value is -1.40. The van der Waals surface area contributed by atoms with Crippen LogP contribution in [-0.4, -0.2) is 47.7 Å². The number of aliphatic hydroxyl groups excluding tert-OH is 1. The minimum Gasteiger partial charge on any atom is -0.465 e. The van der Waals surface area contributed by atoms with Gasteiger partial charge in [-0.15, -0.1) is 0 Å². The Morgan fingerprint density at radius 3 is 3.13 bits per heavy atom. The Morgan fingerprint density at radius 1 is 1.67 bits per heavy atom. The SMILES string of the molecule is COC(=O)c1cnn(CCNCCO)c1. The number of aromatic nitrogens is 2. The zero-order valence-electron chi connectivity index (χ0n) is 8.64. The lowest BCUT2D eigenvalue weighted by Gasteiger charge is -2.02. The molecule has 6 heteroatoms. The Morgan fingerprint density at radius 2 is 2.47 bits per heavy atom. The monoisotopic (exact) mass is 213 g/mol. The molecule has 1 heterocycles. The summed E-state index contributed by atoms with van der Waals surface area (Å²) in [5.74, 6) is -0.385. The van der Waals surface area contributed by atoms with Crippen molar-refractivity contribution in [3.05, 3.63) is 18.0 Å². The number of rotatable bonds is 6. The molecule has 0 aliphatic carbocycles. The van der Waals surface area contributed by atoms with E-state index in [2.05, 4.69) is 15.2 Å². The van der Waals surface area contributed by atoms with Crippen LogP contribution in [0.15, 0.2) is 12.4 Å². The minimum atomic E-state index is -0.385. The topological polar surface area (TPSA) is 76.4 Å². The van der Waals surface area contributed by atoms with Gasteiger partial charge in [-0.3, -0.25) is 4.68 Å². The molecule has 6 nitrogen and oxygen atoms in total. The van der Waals surface area contributed by atoms with Gasteiger partial charge in [0.05, 0.1) is 32.0 Å². The van der Waals surface area contributed by atoms with E-state index in [4.69, 9.17) is 5.11 Å². The lowest BCUT2D eigenvalue weighted by molar-refractivity contribution is 0.0600. The summed E-state index contributed by atoms with van der Waals surface area (Å²) in [7, 11) is 1.34. The lowest BCUT2D eigenvalue weighted by Crippen LogP contribution is -2.23. The van der Waals surface area contributed by atoms with Gasteiger partial charge in [0.25, 0.3) is 0 Å². The molecule has 0 unspecified atom stereocenters. The second-order valence-electron chi connectivity index (χ2n) is 2.96. The van der Waals surface area contributed by atoms with Crippen molar-refractivity contribution in [1.82, 2.24) is 15.1 Å². The summed E-state index contributed by atoms with van der Waals surface area (Å²) in [4.78, 5) is 11.1. The number of carbonyl (C=O) groups excluding carboxylic acids is 1. The molecular weight excluding hydrogens is 198 g/mol. The maximum Gasteiger partial charge on any atom is 0.341 e. The number of esters is 1.